The summed E-state index contributed by atoms with van der Waals surface area (Å²) in [4.78, 5) is 11.0. The van der Waals surface area contributed by atoms with Crippen LogP contribution in [0.2, 0.25) is 10.0 Å². The van der Waals surface area contributed by atoms with E-state index in [1.807, 2.05) is 0 Å². The first-order valence-electron chi connectivity index (χ1n) is 5.43. The summed E-state index contributed by atoms with van der Waals surface area (Å²) < 4.78 is 23.5. The summed E-state index contributed by atoms with van der Waals surface area (Å²) in [5, 5.41) is 12.3. The smallest absolute Gasteiger partial charge is 0.321 e. The van der Waals surface area contributed by atoms with Crippen LogP contribution >= 0.6 is 23.2 Å². The van der Waals surface area contributed by atoms with Crippen LogP contribution in [0.5, 0.6) is 0 Å². The van der Waals surface area contributed by atoms with Crippen LogP contribution < -0.4 is 5.32 Å². The van der Waals surface area contributed by atoms with Gasteiger partial charge in [-0.15, -0.1) is 0 Å². The monoisotopic (exact) mass is 323 g/mol. The Kier molecular flexibility index (Phi) is 4.06. The average molecular weight is 324 g/mol. The number of rotatable bonds is 2. The number of hydrogen-bond acceptors (Lipinski definition) is 4. The first-order valence-corrected chi connectivity index (χ1v) is 8.01. The molecule has 1 fully saturated rings. The van der Waals surface area contributed by atoms with Crippen molar-refractivity contribution in [2.45, 2.75) is 12.1 Å². The minimum Gasteiger partial charge on any atom is -0.480 e. The molecule has 1 aliphatic heterocycles. The fourth-order valence-electron chi connectivity index (χ4n) is 2.03. The highest BCUT2D eigenvalue weighted by Crippen LogP contribution is 2.32. The summed E-state index contributed by atoms with van der Waals surface area (Å²) in [7, 11) is -3.45. The Bertz CT molecular complexity index is 617. The van der Waals surface area contributed by atoms with E-state index in [-0.39, 0.29) is 10.8 Å². The second kappa shape index (κ2) is 5.28. The normalized spacial score (nSPS) is 26.0. The van der Waals surface area contributed by atoms with E-state index in [0.717, 1.165) is 0 Å². The topological polar surface area (TPSA) is 83.5 Å². The summed E-state index contributed by atoms with van der Waals surface area (Å²) in [6.45, 7) is 0. The lowest BCUT2D eigenvalue weighted by Gasteiger charge is -2.29. The first-order chi connectivity index (χ1) is 8.80. The van der Waals surface area contributed by atoms with Crippen molar-refractivity contribution in [2.75, 3.05) is 11.5 Å². The summed E-state index contributed by atoms with van der Waals surface area (Å²) in [5.41, 5.74) is 0.490. The molecule has 0 radical (unpaired) electrons. The van der Waals surface area contributed by atoms with Crippen LogP contribution in [0.15, 0.2) is 18.2 Å². The molecule has 0 bridgehead atoms. The summed E-state index contributed by atoms with van der Waals surface area (Å²) in [5.74, 6) is -1.82. The quantitative estimate of drug-likeness (QED) is 0.861. The van der Waals surface area contributed by atoms with Gasteiger partial charge < -0.3 is 5.11 Å². The Morgan fingerprint density at radius 3 is 2.63 bits per heavy atom. The van der Waals surface area contributed by atoms with Crippen LogP contribution in [-0.2, 0) is 14.6 Å². The van der Waals surface area contributed by atoms with E-state index in [0.29, 0.717) is 10.6 Å². The molecular formula is C11H11Cl2NO4S. The number of carboxylic acids is 1. The van der Waals surface area contributed by atoms with Crippen LogP contribution in [0.3, 0.4) is 0 Å². The maximum atomic E-state index is 11.8. The van der Waals surface area contributed by atoms with Crippen molar-refractivity contribution in [3.63, 3.8) is 0 Å². The van der Waals surface area contributed by atoms with E-state index in [1.54, 1.807) is 18.2 Å². The molecule has 2 atom stereocenters. The number of carboxylic acid groups (broad SMARTS) is 1. The van der Waals surface area contributed by atoms with Crippen LogP contribution in [0.1, 0.15) is 11.6 Å². The number of nitrogens with one attached hydrogen (secondary N) is 1. The average Bonchev–Trinajstić information content (AvgIpc) is 2.30. The molecule has 1 aromatic rings. The second-order valence-electron chi connectivity index (χ2n) is 4.33. The molecule has 8 heteroatoms. The molecule has 1 aromatic carbocycles. The molecule has 0 aliphatic carbocycles. The Balaban J connectivity index is 2.39. The van der Waals surface area contributed by atoms with E-state index < -0.39 is 33.6 Å². The molecule has 2 N–H and O–H groups in total. The zero-order valence-electron chi connectivity index (χ0n) is 9.64. The van der Waals surface area contributed by atoms with Crippen molar-refractivity contribution in [2.24, 2.45) is 0 Å². The van der Waals surface area contributed by atoms with Gasteiger partial charge in [-0.2, -0.15) is 0 Å². The van der Waals surface area contributed by atoms with Crippen molar-refractivity contribution in [3.8, 4) is 0 Å². The van der Waals surface area contributed by atoms with Crippen LogP contribution in [0.25, 0.3) is 0 Å². The van der Waals surface area contributed by atoms with E-state index in [9.17, 15) is 13.2 Å². The van der Waals surface area contributed by atoms with E-state index in [1.165, 1.54) is 0 Å². The van der Waals surface area contributed by atoms with Crippen molar-refractivity contribution in [1.29, 1.82) is 0 Å². The maximum absolute atomic E-state index is 11.8. The molecule has 1 heterocycles. The lowest BCUT2D eigenvalue weighted by atomic mass is 10.1. The van der Waals surface area contributed by atoms with Gasteiger partial charge in [0.15, 0.2) is 9.84 Å². The Morgan fingerprint density at radius 1 is 1.32 bits per heavy atom. The summed E-state index contributed by atoms with van der Waals surface area (Å²) in [6, 6.07) is 3.04. The van der Waals surface area contributed by atoms with Crippen molar-refractivity contribution < 1.29 is 18.3 Å². The van der Waals surface area contributed by atoms with E-state index >= 15 is 0 Å². The molecule has 2 unspecified atom stereocenters. The number of halogens is 2. The molecule has 2 rings (SSSR count). The molecule has 19 heavy (non-hydrogen) atoms. The summed E-state index contributed by atoms with van der Waals surface area (Å²) in [6.07, 6.45) is 0. The third-order valence-electron chi connectivity index (χ3n) is 2.90. The minimum absolute atomic E-state index is 0.198. The lowest BCUT2D eigenvalue weighted by Crippen LogP contribution is -2.51. The molecular weight excluding hydrogens is 313 g/mol. The van der Waals surface area contributed by atoms with Gasteiger partial charge in [-0.25, -0.2) is 8.42 Å². The second-order valence-corrected chi connectivity index (χ2v) is 7.27. The van der Waals surface area contributed by atoms with Gasteiger partial charge in [0.05, 0.1) is 21.6 Å². The molecule has 0 saturated carbocycles. The Hall–Kier alpha value is -0.820. The molecule has 0 amide bonds. The van der Waals surface area contributed by atoms with E-state index in [4.69, 9.17) is 28.3 Å². The van der Waals surface area contributed by atoms with Crippen molar-refractivity contribution in [3.05, 3.63) is 33.8 Å². The molecule has 0 spiro atoms. The van der Waals surface area contributed by atoms with Crippen molar-refractivity contribution in [1.82, 2.24) is 5.32 Å². The van der Waals surface area contributed by atoms with Gasteiger partial charge in [-0.05, 0) is 11.6 Å². The largest absolute Gasteiger partial charge is 0.480 e. The van der Waals surface area contributed by atoms with Gasteiger partial charge in [0, 0.05) is 6.04 Å². The molecule has 104 valence electrons. The number of sulfone groups is 1. The van der Waals surface area contributed by atoms with Gasteiger partial charge >= 0.3 is 5.97 Å². The standard InChI is InChI=1S/C11H11Cl2NO4S/c12-7-3-1-2-6(10(7)13)8-4-19(17,18)5-9(14-8)11(15)16/h1-3,8-9,14H,4-5H2,(H,15,16). The fourth-order valence-corrected chi connectivity index (χ4v) is 4.13. The van der Waals surface area contributed by atoms with Gasteiger partial charge in [0.2, 0.25) is 0 Å². The van der Waals surface area contributed by atoms with Crippen LogP contribution in [0, 0.1) is 0 Å². The molecule has 1 aliphatic rings. The van der Waals surface area contributed by atoms with Gasteiger partial charge in [-0.1, -0.05) is 35.3 Å². The predicted octanol–water partition coefficient (Wildman–Crippen LogP) is 1.51. The Labute approximate surface area is 120 Å². The Morgan fingerprint density at radius 2 is 2.00 bits per heavy atom. The first kappa shape index (κ1) is 14.6. The number of carbonyl (C=O) groups is 1. The minimum atomic E-state index is -3.45. The van der Waals surface area contributed by atoms with Gasteiger partial charge in [-0.3, -0.25) is 10.1 Å². The van der Waals surface area contributed by atoms with Gasteiger partial charge in [0.1, 0.15) is 6.04 Å². The van der Waals surface area contributed by atoms with Crippen LogP contribution in [-0.4, -0.2) is 37.0 Å². The fraction of sp³-hybridized carbons (Fsp3) is 0.364. The highest BCUT2D eigenvalue weighted by atomic mass is 35.5. The van der Waals surface area contributed by atoms with Crippen LogP contribution in [0.4, 0.5) is 0 Å². The lowest BCUT2D eigenvalue weighted by molar-refractivity contribution is -0.139. The zero-order valence-corrected chi connectivity index (χ0v) is 12.0. The predicted molar refractivity (Wildman–Crippen MR) is 72.4 cm³/mol. The number of aliphatic carboxylic acids is 1. The molecule has 0 aromatic heterocycles. The number of benzene rings is 1. The number of hydrogen-bond donors (Lipinski definition) is 2. The molecule has 1 saturated heterocycles. The molecule has 5 nitrogen and oxygen atoms in total. The van der Waals surface area contributed by atoms with Crippen molar-refractivity contribution >= 4 is 39.0 Å². The van der Waals surface area contributed by atoms with Gasteiger partial charge in [0.25, 0.3) is 0 Å². The third-order valence-corrected chi connectivity index (χ3v) is 5.41. The highest BCUT2D eigenvalue weighted by Gasteiger charge is 2.36. The van der Waals surface area contributed by atoms with E-state index in [2.05, 4.69) is 5.32 Å². The SMILES string of the molecule is O=C(O)C1CS(=O)(=O)CC(c2cccc(Cl)c2Cl)N1. The zero-order chi connectivity index (χ0) is 14.2. The summed E-state index contributed by atoms with van der Waals surface area (Å²) >= 11 is 11.9. The third kappa shape index (κ3) is 3.20. The highest BCUT2D eigenvalue weighted by molar-refractivity contribution is 7.91. The maximum Gasteiger partial charge on any atom is 0.321 e.